The van der Waals surface area contributed by atoms with Crippen LogP contribution in [-0.4, -0.2) is 40.6 Å². The predicted octanol–water partition coefficient (Wildman–Crippen LogP) is 0.276. The molecule has 0 bridgehead atoms. The molecule has 4 nitrogen and oxygen atoms in total. The Bertz CT molecular complexity index is 244. The first-order chi connectivity index (χ1) is 5.95. The lowest BCUT2D eigenvalue weighted by Gasteiger charge is -2.20. The van der Waals surface area contributed by atoms with Crippen LogP contribution in [0.1, 0.15) is 13.8 Å². The lowest BCUT2D eigenvalue weighted by atomic mass is 10.0. The quantitative estimate of drug-likeness (QED) is 0.644. The summed E-state index contributed by atoms with van der Waals surface area (Å²) in [4.78, 5) is 22.7. The van der Waals surface area contributed by atoms with E-state index in [2.05, 4.69) is 0 Å². The van der Waals surface area contributed by atoms with Crippen LogP contribution >= 0.6 is 0 Å². The number of carbonyl (C=O) groups is 2. The van der Waals surface area contributed by atoms with E-state index in [1.165, 1.54) is 13.8 Å². The summed E-state index contributed by atoms with van der Waals surface area (Å²) in [6.45, 7) is 2.65. The number of nitrogens with zero attached hydrogens (tertiary/aromatic N) is 1. The van der Waals surface area contributed by atoms with E-state index in [0.29, 0.717) is 0 Å². The summed E-state index contributed by atoms with van der Waals surface area (Å²) in [6.07, 6.45) is -1.23. The van der Waals surface area contributed by atoms with E-state index < -0.39 is 24.1 Å². The zero-order valence-corrected chi connectivity index (χ0v) is 7.53. The van der Waals surface area contributed by atoms with Gasteiger partial charge in [-0.25, -0.2) is 9.18 Å². The van der Waals surface area contributed by atoms with Crippen molar-refractivity contribution in [1.82, 2.24) is 4.90 Å². The molecule has 1 heterocycles. The Morgan fingerprint density at radius 2 is 2.08 bits per heavy atom. The largest absolute Gasteiger partial charge is 0.480 e. The maximum absolute atomic E-state index is 13.1. The van der Waals surface area contributed by atoms with Gasteiger partial charge in [0, 0.05) is 12.8 Å². The molecule has 74 valence electrons. The fraction of sp³-hybridized carbons (Fsp3) is 0.750. The van der Waals surface area contributed by atoms with Gasteiger partial charge in [0.05, 0.1) is 6.54 Å². The Hall–Kier alpha value is -1.13. The Kier molecular flexibility index (Phi) is 2.54. The van der Waals surface area contributed by atoms with Crippen molar-refractivity contribution < 1.29 is 19.1 Å². The molecule has 0 aliphatic carbocycles. The number of carboxylic acids is 1. The molecule has 0 unspecified atom stereocenters. The van der Waals surface area contributed by atoms with Crippen molar-refractivity contribution in [2.75, 3.05) is 6.54 Å². The minimum absolute atomic E-state index is 0.104. The minimum Gasteiger partial charge on any atom is -0.480 e. The number of likely N-dealkylation sites (tertiary alicyclic amines) is 1. The highest BCUT2D eigenvalue weighted by molar-refractivity contribution is 5.83. The second-order valence-corrected chi connectivity index (χ2v) is 3.33. The van der Waals surface area contributed by atoms with Gasteiger partial charge in [-0.05, 0) is 0 Å². The highest BCUT2D eigenvalue weighted by Gasteiger charge is 2.44. The van der Waals surface area contributed by atoms with Crippen molar-refractivity contribution in [2.24, 2.45) is 5.92 Å². The lowest BCUT2D eigenvalue weighted by molar-refractivity contribution is -0.148. The first-order valence-electron chi connectivity index (χ1n) is 4.09. The number of aliphatic carboxylic acids is 1. The molecule has 0 radical (unpaired) electrons. The van der Waals surface area contributed by atoms with Gasteiger partial charge in [0.25, 0.3) is 0 Å². The van der Waals surface area contributed by atoms with Crippen LogP contribution in [-0.2, 0) is 9.59 Å². The van der Waals surface area contributed by atoms with Crippen LogP contribution in [0.3, 0.4) is 0 Å². The van der Waals surface area contributed by atoms with E-state index in [1.807, 2.05) is 0 Å². The SMILES string of the molecule is CC(=O)N1C[C@@H](F)[C@@H](C)[C@H]1C(=O)O. The Morgan fingerprint density at radius 3 is 2.38 bits per heavy atom. The van der Waals surface area contributed by atoms with Gasteiger partial charge in [0.1, 0.15) is 12.2 Å². The van der Waals surface area contributed by atoms with E-state index >= 15 is 0 Å². The third-order valence-corrected chi connectivity index (χ3v) is 2.43. The lowest BCUT2D eigenvalue weighted by Crippen LogP contribution is -2.41. The van der Waals surface area contributed by atoms with E-state index in [1.54, 1.807) is 0 Å². The van der Waals surface area contributed by atoms with Crippen molar-refractivity contribution >= 4 is 11.9 Å². The van der Waals surface area contributed by atoms with Crippen LogP contribution < -0.4 is 0 Å². The van der Waals surface area contributed by atoms with Crippen LogP contribution in [0.4, 0.5) is 4.39 Å². The van der Waals surface area contributed by atoms with Gasteiger partial charge in [-0.3, -0.25) is 4.79 Å². The smallest absolute Gasteiger partial charge is 0.326 e. The summed E-state index contributed by atoms with van der Waals surface area (Å²) in [5.41, 5.74) is 0. The highest BCUT2D eigenvalue weighted by Crippen LogP contribution is 2.26. The Balaban J connectivity index is 2.86. The van der Waals surface area contributed by atoms with E-state index in [9.17, 15) is 14.0 Å². The molecule has 0 spiro atoms. The van der Waals surface area contributed by atoms with Crippen LogP contribution in [0.2, 0.25) is 0 Å². The number of amides is 1. The number of hydrogen-bond donors (Lipinski definition) is 1. The molecule has 1 aliphatic heterocycles. The number of carbonyl (C=O) groups excluding carboxylic acids is 1. The average Bonchev–Trinajstić information content (AvgIpc) is 2.28. The monoisotopic (exact) mass is 189 g/mol. The molecule has 13 heavy (non-hydrogen) atoms. The number of alkyl halides is 1. The maximum Gasteiger partial charge on any atom is 0.326 e. The molecule has 0 saturated carbocycles. The molecular weight excluding hydrogens is 177 g/mol. The summed E-state index contributed by atoms with van der Waals surface area (Å²) in [7, 11) is 0. The fourth-order valence-electron chi connectivity index (χ4n) is 1.63. The van der Waals surface area contributed by atoms with E-state index in [0.717, 1.165) is 4.90 Å². The van der Waals surface area contributed by atoms with Crippen molar-refractivity contribution in [2.45, 2.75) is 26.1 Å². The molecule has 1 amide bonds. The normalized spacial score (nSPS) is 33.5. The maximum atomic E-state index is 13.1. The van der Waals surface area contributed by atoms with E-state index in [-0.39, 0.29) is 12.5 Å². The van der Waals surface area contributed by atoms with Crippen molar-refractivity contribution in [3.05, 3.63) is 0 Å². The highest BCUT2D eigenvalue weighted by atomic mass is 19.1. The fourth-order valence-corrected chi connectivity index (χ4v) is 1.63. The van der Waals surface area contributed by atoms with Crippen molar-refractivity contribution in [3.8, 4) is 0 Å². The second-order valence-electron chi connectivity index (χ2n) is 3.33. The van der Waals surface area contributed by atoms with Gasteiger partial charge in [-0.1, -0.05) is 6.92 Å². The average molecular weight is 189 g/mol. The van der Waals surface area contributed by atoms with E-state index in [4.69, 9.17) is 5.11 Å². The summed E-state index contributed by atoms with van der Waals surface area (Å²) in [6, 6.07) is -1.01. The molecule has 1 aliphatic rings. The van der Waals surface area contributed by atoms with Crippen LogP contribution in [0.25, 0.3) is 0 Å². The third-order valence-electron chi connectivity index (χ3n) is 2.43. The molecule has 1 fully saturated rings. The third kappa shape index (κ3) is 1.64. The number of carboxylic acid groups (broad SMARTS) is 1. The second kappa shape index (κ2) is 3.32. The molecular formula is C8H12FNO3. The standard InChI is InChI=1S/C8H12FNO3/c1-4-6(9)3-10(5(2)11)7(4)8(12)13/h4,6-7H,3H2,1-2H3,(H,12,13)/t4-,6-,7+/m1/s1. The van der Waals surface area contributed by atoms with Crippen molar-refractivity contribution in [1.29, 1.82) is 0 Å². The summed E-state index contributed by atoms with van der Waals surface area (Å²) < 4.78 is 13.1. The Morgan fingerprint density at radius 1 is 1.54 bits per heavy atom. The van der Waals surface area contributed by atoms with Gasteiger partial charge in [0.15, 0.2) is 0 Å². The van der Waals surface area contributed by atoms with Crippen LogP contribution in [0.5, 0.6) is 0 Å². The van der Waals surface area contributed by atoms with Crippen molar-refractivity contribution in [3.63, 3.8) is 0 Å². The van der Waals surface area contributed by atoms with Gasteiger partial charge in [-0.15, -0.1) is 0 Å². The van der Waals surface area contributed by atoms with Gasteiger partial charge < -0.3 is 10.0 Å². The van der Waals surface area contributed by atoms with Gasteiger partial charge in [-0.2, -0.15) is 0 Å². The van der Waals surface area contributed by atoms with Crippen LogP contribution in [0.15, 0.2) is 0 Å². The molecule has 1 saturated heterocycles. The Labute approximate surface area is 75.3 Å². The summed E-state index contributed by atoms with van der Waals surface area (Å²) in [5, 5.41) is 8.76. The molecule has 1 rings (SSSR count). The molecule has 0 aromatic carbocycles. The molecule has 5 heteroatoms. The number of rotatable bonds is 1. The molecule has 3 atom stereocenters. The number of hydrogen-bond acceptors (Lipinski definition) is 2. The van der Waals surface area contributed by atoms with Gasteiger partial charge in [0.2, 0.25) is 5.91 Å². The zero-order chi connectivity index (χ0) is 10.2. The zero-order valence-electron chi connectivity index (χ0n) is 7.53. The topological polar surface area (TPSA) is 57.6 Å². The molecule has 1 N–H and O–H groups in total. The minimum atomic E-state index is -1.23. The first-order valence-corrected chi connectivity index (χ1v) is 4.09. The number of halogens is 1. The summed E-state index contributed by atoms with van der Waals surface area (Å²) in [5.74, 6) is -2.15. The van der Waals surface area contributed by atoms with Gasteiger partial charge >= 0.3 is 5.97 Å². The first kappa shape index (κ1) is 9.95. The summed E-state index contributed by atoms with van der Waals surface area (Å²) >= 11 is 0. The molecule has 0 aromatic rings. The van der Waals surface area contributed by atoms with Crippen LogP contribution in [0, 0.1) is 5.92 Å². The molecule has 0 aromatic heterocycles. The predicted molar refractivity (Wildman–Crippen MR) is 42.9 cm³/mol.